The van der Waals surface area contributed by atoms with Crippen LogP contribution >= 0.6 is 11.9 Å². The number of benzene rings is 3. The fraction of sp³-hybridized carbons (Fsp3) is 0.226. The molecule has 0 fully saturated rings. The van der Waals surface area contributed by atoms with Gasteiger partial charge in [-0.1, -0.05) is 54.6 Å². The third-order valence-corrected chi connectivity index (χ3v) is 7.08. The Morgan fingerprint density at radius 2 is 1.76 bits per heavy atom. The fourth-order valence-corrected chi connectivity index (χ4v) is 5.02. The number of ether oxygens (including phenoxy) is 2. The number of hydrogen-bond donors (Lipinski definition) is 0. The van der Waals surface area contributed by atoms with Gasteiger partial charge in [-0.2, -0.15) is 0 Å². The molecule has 0 saturated heterocycles. The third kappa shape index (κ3) is 7.15. The smallest absolute Gasteiger partial charge is 0.374 e. The van der Waals surface area contributed by atoms with Gasteiger partial charge in [0.2, 0.25) is 5.76 Å². The molecule has 0 bridgehead atoms. The van der Waals surface area contributed by atoms with Crippen LogP contribution in [0, 0.1) is 6.92 Å². The average Bonchev–Trinajstić information content (AvgIpc) is 3.27. The number of methoxy groups -OCH3 is 1. The van der Waals surface area contributed by atoms with Gasteiger partial charge in [0, 0.05) is 35.0 Å². The van der Waals surface area contributed by atoms with E-state index in [0.717, 1.165) is 46.5 Å². The van der Waals surface area contributed by atoms with Crippen molar-refractivity contribution in [3.05, 3.63) is 107 Å². The van der Waals surface area contributed by atoms with Crippen molar-refractivity contribution in [3.63, 3.8) is 0 Å². The average molecular weight is 530 g/mol. The molecule has 38 heavy (non-hydrogen) atoms. The van der Waals surface area contributed by atoms with Crippen molar-refractivity contribution in [2.75, 3.05) is 20.3 Å². The number of carbonyl (C=O) groups excluding carboxylic acids is 2. The number of aryl methyl sites for hydroxylation is 1. The Hall–Kier alpha value is -3.81. The molecule has 0 saturated carbocycles. The highest BCUT2D eigenvalue weighted by molar-refractivity contribution is 7.97. The predicted octanol–water partition coefficient (Wildman–Crippen LogP) is 6.86. The summed E-state index contributed by atoms with van der Waals surface area (Å²) in [6, 6.07) is 24.5. The van der Waals surface area contributed by atoms with Gasteiger partial charge in [0.1, 0.15) is 5.58 Å². The molecule has 0 atom stereocenters. The molecular weight excluding hydrogens is 498 g/mol. The number of furan rings is 1. The summed E-state index contributed by atoms with van der Waals surface area (Å²) in [7, 11) is 1.36. The van der Waals surface area contributed by atoms with Crippen LogP contribution in [0.4, 0.5) is 0 Å². The number of hydrogen-bond acceptors (Lipinski definition) is 7. The summed E-state index contributed by atoms with van der Waals surface area (Å²) in [6.45, 7) is 5.54. The lowest BCUT2D eigenvalue weighted by Gasteiger charge is -2.21. The number of esters is 2. The zero-order valence-electron chi connectivity index (χ0n) is 21.8. The molecule has 0 aliphatic carbocycles. The van der Waals surface area contributed by atoms with E-state index in [-0.39, 0.29) is 11.7 Å². The first kappa shape index (κ1) is 27.2. The fourth-order valence-electron chi connectivity index (χ4n) is 4.02. The first-order chi connectivity index (χ1) is 18.5. The Labute approximate surface area is 227 Å². The van der Waals surface area contributed by atoms with E-state index < -0.39 is 5.97 Å². The Bertz CT molecular complexity index is 1410. The lowest BCUT2D eigenvalue weighted by molar-refractivity contribution is -0.134. The second-order valence-electron chi connectivity index (χ2n) is 8.72. The standard InChI is InChI=1S/C31H31NO5S/c1-4-36-31(34)30-22(2)27-20-26(15-16-28(27)37-30)38-32(19-18-23-8-6-5-7-9-23)21-25-12-10-24(11-13-25)14-17-29(33)35-3/h5-17,20H,4,18-19,21H2,1-3H3/b17-14+. The maximum Gasteiger partial charge on any atom is 0.374 e. The van der Waals surface area contributed by atoms with E-state index in [2.05, 4.69) is 51.5 Å². The van der Waals surface area contributed by atoms with Crippen LogP contribution in [-0.2, 0) is 27.2 Å². The minimum Gasteiger partial charge on any atom is -0.466 e. The van der Waals surface area contributed by atoms with Crippen LogP contribution in [0.15, 0.2) is 88.2 Å². The van der Waals surface area contributed by atoms with Crippen LogP contribution in [0.1, 0.15) is 39.7 Å². The molecule has 0 aliphatic rings. The molecular formula is C31H31NO5S. The van der Waals surface area contributed by atoms with Gasteiger partial charge in [0.05, 0.1) is 13.7 Å². The molecule has 4 aromatic rings. The SMILES string of the molecule is CCOC(=O)c1oc2ccc(SN(CCc3ccccc3)Cc3ccc(/C=C/C(=O)OC)cc3)cc2c1C. The molecule has 0 aliphatic heterocycles. The Balaban J connectivity index is 1.53. The molecule has 0 spiro atoms. The largest absolute Gasteiger partial charge is 0.466 e. The van der Waals surface area contributed by atoms with Crippen LogP contribution in [0.2, 0.25) is 0 Å². The van der Waals surface area contributed by atoms with Crippen molar-refractivity contribution < 1.29 is 23.5 Å². The number of carbonyl (C=O) groups is 2. The molecule has 3 aromatic carbocycles. The number of fused-ring (bicyclic) bond motifs is 1. The molecule has 1 heterocycles. The molecule has 7 heteroatoms. The van der Waals surface area contributed by atoms with Gasteiger partial charge in [-0.3, -0.25) is 0 Å². The lowest BCUT2D eigenvalue weighted by Crippen LogP contribution is -2.18. The van der Waals surface area contributed by atoms with Crippen molar-refractivity contribution in [2.45, 2.75) is 31.7 Å². The maximum absolute atomic E-state index is 12.3. The van der Waals surface area contributed by atoms with Crippen LogP contribution in [0.5, 0.6) is 0 Å². The third-order valence-electron chi connectivity index (χ3n) is 6.05. The summed E-state index contributed by atoms with van der Waals surface area (Å²) in [6.07, 6.45) is 4.07. The molecule has 4 rings (SSSR count). The van der Waals surface area contributed by atoms with E-state index in [9.17, 15) is 9.59 Å². The topological polar surface area (TPSA) is 69.0 Å². The molecule has 6 nitrogen and oxygen atoms in total. The first-order valence-electron chi connectivity index (χ1n) is 12.5. The molecule has 0 unspecified atom stereocenters. The van der Waals surface area contributed by atoms with Crippen molar-refractivity contribution in [2.24, 2.45) is 0 Å². The number of nitrogens with zero attached hydrogens (tertiary/aromatic N) is 1. The summed E-state index contributed by atoms with van der Waals surface area (Å²) >= 11 is 1.68. The quantitative estimate of drug-likeness (QED) is 0.119. The molecule has 0 amide bonds. The van der Waals surface area contributed by atoms with Gasteiger partial charge in [-0.15, -0.1) is 0 Å². The summed E-state index contributed by atoms with van der Waals surface area (Å²) in [5.41, 5.74) is 4.82. The van der Waals surface area contributed by atoms with E-state index >= 15 is 0 Å². The van der Waals surface area contributed by atoms with Crippen LogP contribution < -0.4 is 0 Å². The highest BCUT2D eigenvalue weighted by atomic mass is 32.2. The van der Waals surface area contributed by atoms with E-state index in [0.29, 0.717) is 12.2 Å². The van der Waals surface area contributed by atoms with Crippen LogP contribution in [0.25, 0.3) is 17.0 Å². The highest BCUT2D eigenvalue weighted by Gasteiger charge is 2.19. The zero-order chi connectivity index (χ0) is 26.9. The summed E-state index contributed by atoms with van der Waals surface area (Å²) in [4.78, 5) is 24.7. The normalized spacial score (nSPS) is 11.4. The summed E-state index contributed by atoms with van der Waals surface area (Å²) < 4.78 is 17.9. The van der Waals surface area contributed by atoms with E-state index in [1.165, 1.54) is 18.7 Å². The Kier molecular flexibility index (Phi) is 9.40. The van der Waals surface area contributed by atoms with Crippen molar-refractivity contribution in [3.8, 4) is 0 Å². The minimum absolute atomic E-state index is 0.256. The van der Waals surface area contributed by atoms with E-state index in [4.69, 9.17) is 9.15 Å². The van der Waals surface area contributed by atoms with Gasteiger partial charge in [0.25, 0.3) is 0 Å². The van der Waals surface area contributed by atoms with Crippen LogP contribution in [0.3, 0.4) is 0 Å². The molecule has 196 valence electrons. The van der Waals surface area contributed by atoms with Gasteiger partial charge < -0.3 is 13.9 Å². The Morgan fingerprint density at radius 3 is 2.47 bits per heavy atom. The molecule has 1 aromatic heterocycles. The van der Waals surface area contributed by atoms with Crippen LogP contribution in [-0.4, -0.2) is 36.5 Å². The van der Waals surface area contributed by atoms with Gasteiger partial charge in [0.15, 0.2) is 0 Å². The van der Waals surface area contributed by atoms with Crippen molar-refractivity contribution in [1.29, 1.82) is 0 Å². The molecule has 0 N–H and O–H groups in total. The monoisotopic (exact) mass is 529 g/mol. The Morgan fingerprint density at radius 1 is 1.00 bits per heavy atom. The second-order valence-corrected chi connectivity index (χ2v) is 9.89. The molecule has 0 radical (unpaired) electrons. The summed E-state index contributed by atoms with van der Waals surface area (Å²) in [5, 5.41) is 0.905. The summed E-state index contributed by atoms with van der Waals surface area (Å²) in [5.74, 6) is -0.562. The first-order valence-corrected chi connectivity index (χ1v) is 13.3. The zero-order valence-corrected chi connectivity index (χ0v) is 22.6. The lowest BCUT2D eigenvalue weighted by atomic mass is 10.1. The maximum atomic E-state index is 12.3. The van der Waals surface area contributed by atoms with E-state index in [1.54, 1.807) is 24.9 Å². The van der Waals surface area contributed by atoms with E-state index in [1.807, 2.05) is 37.3 Å². The van der Waals surface area contributed by atoms with Crippen molar-refractivity contribution in [1.82, 2.24) is 4.31 Å². The van der Waals surface area contributed by atoms with Gasteiger partial charge in [-0.05, 0) is 73.2 Å². The van der Waals surface area contributed by atoms with Crippen molar-refractivity contribution >= 4 is 40.9 Å². The van der Waals surface area contributed by atoms with Gasteiger partial charge >= 0.3 is 11.9 Å². The minimum atomic E-state index is -0.440. The predicted molar refractivity (Wildman–Crippen MR) is 151 cm³/mol. The van der Waals surface area contributed by atoms with Gasteiger partial charge in [-0.25, -0.2) is 13.9 Å². The second kappa shape index (κ2) is 13.1. The highest BCUT2D eigenvalue weighted by Crippen LogP contribution is 2.32. The number of rotatable bonds is 11.